The van der Waals surface area contributed by atoms with Gasteiger partial charge in [0.1, 0.15) is 0 Å². The van der Waals surface area contributed by atoms with Gasteiger partial charge in [-0.2, -0.15) is 0 Å². The highest BCUT2D eigenvalue weighted by atomic mass is 35.5. The van der Waals surface area contributed by atoms with Crippen LogP contribution in [0.5, 0.6) is 0 Å². The highest BCUT2D eigenvalue weighted by Crippen LogP contribution is 2.13. The summed E-state index contributed by atoms with van der Waals surface area (Å²) in [5.74, 6) is 0.806. The first-order valence-corrected chi connectivity index (χ1v) is 7.35. The fourth-order valence-corrected chi connectivity index (χ4v) is 2.82. The molecule has 1 aliphatic heterocycles. The maximum atomic E-state index is 12.2. The average molecular weight is 282 g/mol. The molecule has 3 nitrogen and oxygen atoms in total. The largest absolute Gasteiger partial charge is 0.325 e. The molecule has 1 saturated heterocycles. The molecule has 1 unspecified atom stereocenters. The number of anilines is 1. The standard InChI is InChI=1S/C15H21ClN2O/c1-11-4-3-9-18(10-11)12(2)15(19)17-14-7-5-13(16)6-8-14/h5-8,11-12H,3-4,9-10H2,1-2H3,(H,17,19)/p+1/t11-,12+/m1/s1. The molecule has 1 aromatic carbocycles. The van der Waals surface area contributed by atoms with Crippen molar-refractivity contribution in [2.24, 2.45) is 5.92 Å². The first-order chi connectivity index (χ1) is 9.06. The lowest BCUT2D eigenvalue weighted by molar-refractivity contribution is -0.922. The SMILES string of the molecule is C[C@@H]1CCC[NH+]([C@@H](C)C(=O)Nc2ccc(Cl)cc2)C1. The van der Waals surface area contributed by atoms with E-state index >= 15 is 0 Å². The number of carbonyl (C=O) groups excluding carboxylic acids is 1. The molecule has 2 N–H and O–H groups in total. The second-order valence-electron chi connectivity index (χ2n) is 5.58. The normalized spacial score (nSPS) is 24.8. The third kappa shape index (κ3) is 3.95. The summed E-state index contributed by atoms with van der Waals surface area (Å²) in [7, 11) is 0. The second kappa shape index (κ2) is 6.40. The first-order valence-electron chi connectivity index (χ1n) is 6.97. The Kier molecular flexibility index (Phi) is 4.83. The average Bonchev–Trinajstić information content (AvgIpc) is 2.40. The van der Waals surface area contributed by atoms with E-state index in [-0.39, 0.29) is 11.9 Å². The Labute approximate surface area is 119 Å². The third-order valence-corrected chi connectivity index (χ3v) is 4.17. The minimum atomic E-state index is -0.00146. The van der Waals surface area contributed by atoms with Crippen LogP contribution in [0.3, 0.4) is 0 Å². The summed E-state index contributed by atoms with van der Waals surface area (Å²) in [6.45, 7) is 6.47. The highest BCUT2D eigenvalue weighted by molar-refractivity contribution is 6.30. The Bertz CT molecular complexity index is 432. The molecule has 2 rings (SSSR count). The van der Waals surface area contributed by atoms with Gasteiger partial charge in [-0.1, -0.05) is 18.5 Å². The molecule has 1 fully saturated rings. The van der Waals surface area contributed by atoms with Crippen molar-refractivity contribution < 1.29 is 9.69 Å². The van der Waals surface area contributed by atoms with E-state index in [0.29, 0.717) is 5.02 Å². The highest BCUT2D eigenvalue weighted by Gasteiger charge is 2.29. The molecular weight excluding hydrogens is 260 g/mol. The van der Waals surface area contributed by atoms with Gasteiger partial charge in [-0.05, 0) is 44.0 Å². The lowest BCUT2D eigenvalue weighted by atomic mass is 9.99. The van der Waals surface area contributed by atoms with Crippen molar-refractivity contribution in [3.63, 3.8) is 0 Å². The van der Waals surface area contributed by atoms with Crippen molar-refractivity contribution in [1.82, 2.24) is 0 Å². The van der Waals surface area contributed by atoms with Gasteiger partial charge in [0.05, 0.1) is 13.1 Å². The molecule has 0 aliphatic carbocycles. The van der Waals surface area contributed by atoms with Gasteiger partial charge >= 0.3 is 0 Å². The molecule has 0 aromatic heterocycles. The zero-order chi connectivity index (χ0) is 13.8. The molecule has 1 aromatic rings. The molecule has 0 spiro atoms. The van der Waals surface area contributed by atoms with Crippen LogP contribution in [0.2, 0.25) is 5.02 Å². The summed E-state index contributed by atoms with van der Waals surface area (Å²) in [6, 6.07) is 7.25. The Morgan fingerprint density at radius 2 is 2.11 bits per heavy atom. The van der Waals surface area contributed by atoms with E-state index in [0.717, 1.165) is 24.7 Å². The van der Waals surface area contributed by atoms with E-state index in [2.05, 4.69) is 12.2 Å². The van der Waals surface area contributed by atoms with Gasteiger partial charge < -0.3 is 10.2 Å². The van der Waals surface area contributed by atoms with Crippen LogP contribution in [0.15, 0.2) is 24.3 Å². The molecule has 0 bridgehead atoms. The van der Waals surface area contributed by atoms with Crippen molar-refractivity contribution in [2.45, 2.75) is 32.7 Å². The summed E-state index contributed by atoms with van der Waals surface area (Å²) in [5.41, 5.74) is 0.811. The number of rotatable bonds is 3. The Morgan fingerprint density at radius 3 is 2.74 bits per heavy atom. The van der Waals surface area contributed by atoms with Crippen LogP contribution in [0.1, 0.15) is 26.7 Å². The zero-order valence-corrected chi connectivity index (χ0v) is 12.3. The summed E-state index contributed by atoms with van der Waals surface area (Å²) < 4.78 is 0. The van der Waals surface area contributed by atoms with E-state index in [1.54, 1.807) is 12.1 Å². The Morgan fingerprint density at radius 1 is 1.42 bits per heavy atom. The molecule has 4 heteroatoms. The van der Waals surface area contributed by atoms with Crippen LogP contribution in [0.4, 0.5) is 5.69 Å². The number of likely N-dealkylation sites (tertiary alicyclic amines) is 1. The van der Waals surface area contributed by atoms with E-state index in [1.807, 2.05) is 19.1 Å². The van der Waals surface area contributed by atoms with Crippen LogP contribution in [-0.2, 0) is 4.79 Å². The predicted molar refractivity (Wildman–Crippen MR) is 78.6 cm³/mol. The molecule has 1 aliphatic rings. The van der Waals surface area contributed by atoms with E-state index in [9.17, 15) is 4.79 Å². The number of nitrogens with one attached hydrogen (secondary N) is 2. The molecule has 0 saturated carbocycles. The van der Waals surface area contributed by atoms with Crippen molar-refractivity contribution in [3.8, 4) is 0 Å². The summed E-state index contributed by atoms with van der Waals surface area (Å²) in [4.78, 5) is 13.6. The van der Waals surface area contributed by atoms with Gasteiger partial charge in [0, 0.05) is 16.6 Å². The zero-order valence-electron chi connectivity index (χ0n) is 11.6. The summed E-state index contributed by atoms with van der Waals surface area (Å²) in [6.07, 6.45) is 2.50. The van der Waals surface area contributed by atoms with Crippen LogP contribution in [-0.4, -0.2) is 25.0 Å². The van der Waals surface area contributed by atoms with Gasteiger partial charge in [-0.3, -0.25) is 4.79 Å². The fraction of sp³-hybridized carbons (Fsp3) is 0.533. The van der Waals surface area contributed by atoms with Crippen molar-refractivity contribution in [1.29, 1.82) is 0 Å². The van der Waals surface area contributed by atoms with Crippen LogP contribution in [0, 0.1) is 5.92 Å². The predicted octanol–water partition coefficient (Wildman–Crippen LogP) is 1.98. The lowest BCUT2D eigenvalue weighted by Gasteiger charge is -2.31. The number of halogens is 1. The van der Waals surface area contributed by atoms with Gasteiger partial charge in [0.15, 0.2) is 6.04 Å². The maximum absolute atomic E-state index is 12.2. The van der Waals surface area contributed by atoms with Gasteiger partial charge in [-0.15, -0.1) is 0 Å². The number of benzene rings is 1. The van der Waals surface area contributed by atoms with E-state index in [1.165, 1.54) is 17.7 Å². The summed E-state index contributed by atoms with van der Waals surface area (Å²) >= 11 is 5.83. The van der Waals surface area contributed by atoms with Gasteiger partial charge in [0.25, 0.3) is 5.91 Å². The number of quaternary nitrogens is 1. The number of piperidine rings is 1. The lowest BCUT2D eigenvalue weighted by Crippen LogP contribution is -3.17. The molecule has 1 amide bonds. The number of hydrogen-bond donors (Lipinski definition) is 2. The smallest absolute Gasteiger partial charge is 0.282 e. The van der Waals surface area contributed by atoms with E-state index in [4.69, 9.17) is 11.6 Å². The molecule has 3 atom stereocenters. The number of carbonyl (C=O) groups is 1. The Hall–Kier alpha value is -1.06. The van der Waals surface area contributed by atoms with Crippen LogP contribution < -0.4 is 10.2 Å². The van der Waals surface area contributed by atoms with Crippen LogP contribution in [0.25, 0.3) is 0 Å². The van der Waals surface area contributed by atoms with Crippen molar-refractivity contribution >= 4 is 23.2 Å². The van der Waals surface area contributed by atoms with Crippen LogP contribution >= 0.6 is 11.6 Å². The summed E-state index contributed by atoms with van der Waals surface area (Å²) in [5, 5.41) is 3.64. The number of hydrogen-bond acceptors (Lipinski definition) is 1. The molecule has 104 valence electrons. The maximum Gasteiger partial charge on any atom is 0.282 e. The Balaban J connectivity index is 1.93. The topological polar surface area (TPSA) is 33.5 Å². The molecule has 19 heavy (non-hydrogen) atoms. The van der Waals surface area contributed by atoms with Gasteiger partial charge in [0.2, 0.25) is 0 Å². The number of amides is 1. The third-order valence-electron chi connectivity index (χ3n) is 3.92. The van der Waals surface area contributed by atoms with E-state index < -0.39 is 0 Å². The second-order valence-corrected chi connectivity index (χ2v) is 6.01. The fourth-order valence-electron chi connectivity index (χ4n) is 2.69. The molecule has 0 radical (unpaired) electrons. The molecule has 1 heterocycles. The minimum Gasteiger partial charge on any atom is -0.325 e. The van der Waals surface area contributed by atoms with Crippen molar-refractivity contribution in [2.75, 3.05) is 18.4 Å². The quantitative estimate of drug-likeness (QED) is 0.873. The van der Waals surface area contributed by atoms with Gasteiger partial charge in [-0.25, -0.2) is 0 Å². The molecular formula is C15H22ClN2O+. The monoisotopic (exact) mass is 281 g/mol. The van der Waals surface area contributed by atoms with Crippen molar-refractivity contribution in [3.05, 3.63) is 29.3 Å². The first kappa shape index (κ1) is 14.4. The minimum absolute atomic E-state index is 0.00146.